The third-order valence-electron chi connectivity index (χ3n) is 2.71. The Labute approximate surface area is 108 Å². The van der Waals surface area contributed by atoms with Crippen molar-refractivity contribution in [1.82, 2.24) is 9.13 Å². The van der Waals surface area contributed by atoms with Crippen LogP contribution in [-0.4, -0.2) is 20.2 Å². The van der Waals surface area contributed by atoms with Gasteiger partial charge in [0, 0.05) is 37.6 Å². The predicted octanol–water partition coefficient (Wildman–Crippen LogP) is 0.408. The van der Waals surface area contributed by atoms with Gasteiger partial charge >= 0.3 is 5.97 Å². The molecule has 6 nitrogen and oxygen atoms in total. The molecule has 0 saturated carbocycles. The number of aryl methyl sites for hydroxylation is 2. The standard InChI is InChI=1S/C13H12N2O4/c16-11-3-1-2-6-14(11)7-8-15-9-10(13(18)19)4-5-12(15)17/h1-6,9H,7-8H2,(H,18,19). The highest BCUT2D eigenvalue weighted by Crippen LogP contribution is 1.96. The second-order valence-corrected chi connectivity index (χ2v) is 3.99. The number of pyridine rings is 2. The van der Waals surface area contributed by atoms with Crippen molar-refractivity contribution in [2.45, 2.75) is 13.1 Å². The molecule has 0 radical (unpaired) electrons. The number of carbonyl (C=O) groups is 1. The summed E-state index contributed by atoms with van der Waals surface area (Å²) < 4.78 is 2.74. The molecule has 2 aromatic rings. The number of aromatic carboxylic acids is 1. The highest BCUT2D eigenvalue weighted by molar-refractivity contribution is 5.87. The lowest BCUT2D eigenvalue weighted by molar-refractivity contribution is 0.0695. The number of aromatic nitrogens is 2. The molecule has 0 atom stereocenters. The zero-order valence-corrected chi connectivity index (χ0v) is 10.0. The number of hydrogen-bond acceptors (Lipinski definition) is 3. The van der Waals surface area contributed by atoms with E-state index in [9.17, 15) is 14.4 Å². The highest BCUT2D eigenvalue weighted by atomic mass is 16.4. The van der Waals surface area contributed by atoms with Crippen molar-refractivity contribution < 1.29 is 9.90 Å². The van der Waals surface area contributed by atoms with E-state index in [0.29, 0.717) is 6.54 Å². The van der Waals surface area contributed by atoms with Gasteiger partial charge in [0.05, 0.1) is 5.56 Å². The molecule has 2 rings (SSSR count). The normalized spacial score (nSPS) is 10.3. The van der Waals surface area contributed by atoms with Crippen LogP contribution in [0.15, 0.2) is 52.3 Å². The van der Waals surface area contributed by atoms with Gasteiger partial charge in [-0.25, -0.2) is 4.79 Å². The van der Waals surface area contributed by atoms with Gasteiger partial charge in [-0.1, -0.05) is 6.07 Å². The lowest BCUT2D eigenvalue weighted by Gasteiger charge is -2.08. The van der Waals surface area contributed by atoms with Gasteiger partial charge in [-0.3, -0.25) is 9.59 Å². The minimum atomic E-state index is -1.09. The Kier molecular flexibility index (Phi) is 3.61. The van der Waals surface area contributed by atoms with Crippen LogP contribution in [0.2, 0.25) is 0 Å². The van der Waals surface area contributed by atoms with E-state index in [4.69, 9.17) is 5.11 Å². The van der Waals surface area contributed by atoms with Gasteiger partial charge in [0.25, 0.3) is 11.1 Å². The molecule has 98 valence electrons. The van der Waals surface area contributed by atoms with Gasteiger partial charge in [-0.05, 0) is 12.1 Å². The lowest BCUT2D eigenvalue weighted by atomic mass is 10.3. The van der Waals surface area contributed by atoms with Crippen molar-refractivity contribution in [3.8, 4) is 0 Å². The van der Waals surface area contributed by atoms with Gasteiger partial charge in [-0.15, -0.1) is 0 Å². The lowest BCUT2D eigenvalue weighted by Crippen LogP contribution is -2.26. The Morgan fingerprint density at radius 3 is 2.37 bits per heavy atom. The smallest absolute Gasteiger partial charge is 0.337 e. The Morgan fingerprint density at radius 1 is 1.00 bits per heavy atom. The SMILES string of the molecule is O=C(O)c1ccc(=O)n(CCn2ccccc2=O)c1. The molecule has 0 fully saturated rings. The number of hydrogen-bond donors (Lipinski definition) is 1. The van der Waals surface area contributed by atoms with E-state index < -0.39 is 5.97 Å². The largest absolute Gasteiger partial charge is 0.478 e. The van der Waals surface area contributed by atoms with E-state index in [1.165, 1.54) is 33.5 Å². The molecule has 0 aliphatic heterocycles. The van der Waals surface area contributed by atoms with Crippen LogP contribution in [0.25, 0.3) is 0 Å². The van der Waals surface area contributed by atoms with Crippen molar-refractivity contribution in [3.05, 3.63) is 69.0 Å². The summed E-state index contributed by atoms with van der Waals surface area (Å²) >= 11 is 0. The van der Waals surface area contributed by atoms with Crippen LogP contribution in [0.3, 0.4) is 0 Å². The molecule has 0 amide bonds. The molecule has 0 aliphatic carbocycles. The third kappa shape index (κ3) is 2.98. The summed E-state index contributed by atoms with van der Waals surface area (Å²) in [4.78, 5) is 33.9. The third-order valence-corrected chi connectivity index (χ3v) is 2.71. The zero-order chi connectivity index (χ0) is 13.8. The average molecular weight is 260 g/mol. The molecule has 0 bridgehead atoms. The van der Waals surface area contributed by atoms with Crippen LogP contribution in [0.1, 0.15) is 10.4 Å². The molecule has 0 aliphatic rings. The van der Waals surface area contributed by atoms with Gasteiger partial charge in [0.15, 0.2) is 0 Å². The van der Waals surface area contributed by atoms with Crippen molar-refractivity contribution in [2.75, 3.05) is 0 Å². The fourth-order valence-corrected chi connectivity index (χ4v) is 1.69. The first-order valence-electron chi connectivity index (χ1n) is 5.67. The second-order valence-electron chi connectivity index (χ2n) is 3.99. The molecular formula is C13H12N2O4. The molecule has 0 spiro atoms. The summed E-state index contributed by atoms with van der Waals surface area (Å²) in [5.74, 6) is -1.09. The Bertz CT molecular complexity index is 715. The van der Waals surface area contributed by atoms with Crippen LogP contribution in [0.5, 0.6) is 0 Å². The van der Waals surface area contributed by atoms with E-state index in [1.54, 1.807) is 18.3 Å². The van der Waals surface area contributed by atoms with Gasteiger partial charge in [-0.2, -0.15) is 0 Å². The van der Waals surface area contributed by atoms with E-state index in [0.717, 1.165) is 0 Å². The van der Waals surface area contributed by atoms with Gasteiger partial charge in [0.1, 0.15) is 0 Å². The Hall–Kier alpha value is -2.63. The Balaban J connectivity index is 2.22. The molecule has 1 N–H and O–H groups in total. The van der Waals surface area contributed by atoms with E-state index >= 15 is 0 Å². The quantitative estimate of drug-likeness (QED) is 0.863. The fraction of sp³-hybridized carbons (Fsp3) is 0.154. The van der Waals surface area contributed by atoms with E-state index in [2.05, 4.69) is 0 Å². The summed E-state index contributed by atoms with van der Waals surface area (Å²) in [7, 11) is 0. The van der Waals surface area contributed by atoms with Crippen LogP contribution >= 0.6 is 0 Å². The molecule has 0 unspecified atom stereocenters. The second kappa shape index (κ2) is 5.34. The molecule has 2 aromatic heterocycles. The van der Waals surface area contributed by atoms with Crippen molar-refractivity contribution in [3.63, 3.8) is 0 Å². The highest BCUT2D eigenvalue weighted by Gasteiger charge is 2.05. The van der Waals surface area contributed by atoms with E-state index in [1.807, 2.05) is 0 Å². The van der Waals surface area contributed by atoms with Gasteiger partial charge < -0.3 is 14.2 Å². The van der Waals surface area contributed by atoms with Crippen molar-refractivity contribution >= 4 is 5.97 Å². The summed E-state index contributed by atoms with van der Waals surface area (Å²) in [6, 6.07) is 7.25. The predicted molar refractivity (Wildman–Crippen MR) is 68.4 cm³/mol. The molecule has 6 heteroatoms. The zero-order valence-electron chi connectivity index (χ0n) is 10.0. The van der Waals surface area contributed by atoms with Crippen molar-refractivity contribution in [1.29, 1.82) is 0 Å². The number of rotatable bonds is 4. The molecule has 0 saturated heterocycles. The van der Waals surface area contributed by atoms with Crippen LogP contribution in [-0.2, 0) is 13.1 Å². The number of carboxylic acids is 1. The molecule has 2 heterocycles. The minimum absolute atomic E-state index is 0.0417. The summed E-state index contributed by atoms with van der Waals surface area (Å²) in [5, 5.41) is 8.86. The van der Waals surface area contributed by atoms with Crippen LogP contribution in [0.4, 0.5) is 0 Å². The molecular weight excluding hydrogens is 248 g/mol. The summed E-state index contributed by atoms with van der Waals surface area (Å²) in [6.07, 6.45) is 2.90. The summed E-state index contributed by atoms with van der Waals surface area (Å²) in [6.45, 7) is 0.548. The maximum absolute atomic E-state index is 11.6. The van der Waals surface area contributed by atoms with Crippen LogP contribution < -0.4 is 11.1 Å². The van der Waals surface area contributed by atoms with Crippen molar-refractivity contribution in [2.24, 2.45) is 0 Å². The minimum Gasteiger partial charge on any atom is -0.478 e. The first-order chi connectivity index (χ1) is 9.08. The monoisotopic (exact) mass is 260 g/mol. The maximum atomic E-state index is 11.6. The fourth-order valence-electron chi connectivity index (χ4n) is 1.69. The average Bonchev–Trinajstić information content (AvgIpc) is 2.39. The van der Waals surface area contributed by atoms with Gasteiger partial charge in [0.2, 0.25) is 0 Å². The molecule has 0 aromatic carbocycles. The maximum Gasteiger partial charge on any atom is 0.337 e. The number of carboxylic acid groups (broad SMARTS) is 1. The van der Waals surface area contributed by atoms with Crippen LogP contribution in [0, 0.1) is 0 Å². The summed E-state index contributed by atoms with van der Waals surface area (Å²) in [5.41, 5.74) is -0.418. The van der Waals surface area contributed by atoms with E-state index in [-0.39, 0.29) is 23.2 Å². The first-order valence-corrected chi connectivity index (χ1v) is 5.67. The topological polar surface area (TPSA) is 81.3 Å². The first kappa shape index (κ1) is 12.8. The Morgan fingerprint density at radius 2 is 1.68 bits per heavy atom. The number of nitrogens with zero attached hydrogens (tertiary/aromatic N) is 2. The molecule has 19 heavy (non-hydrogen) atoms.